The Morgan fingerprint density at radius 3 is 2.63 bits per heavy atom. The molecule has 0 saturated heterocycles. The van der Waals surface area contributed by atoms with Crippen LogP contribution in [0.2, 0.25) is 0 Å². The third kappa shape index (κ3) is 7.82. The summed E-state index contributed by atoms with van der Waals surface area (Å²) in [6, 6.07) is 0.364. The first-order chi connectivity index (χ1) is 9.22. The van der Waals surface area contributed by atoms with Gasteiger partial charge in [0.1, 0.15) is 0 Å². The maximum atomic E-state index is 11.6. The van der Waals surface area contributed by atoms with Gasteiger partial charge in [-0.05, 0) is 32.7 Å². The van der Waals surface area contributed by atoms with E-state index in [-0.39, 0.29) is 11.9 Å². The molecule has 5 nitrogen and oxygen atoms in total. The molecule has 2 N–H and O–H groups in total. The maximum Gasteiger partial charge on any atom is 0.305 e. The number of amides is 1. The summed E-state index contributed by atoms with van der Waals surface area (Å²) in [7, 11) is 0. The van der Waals surface area contributed by atoms with Gasteiger partial charge in [-0.3, -0.25) is 9.59 Å². The predicted molar refractivity (Wildman–Crippen MR) is 73.8 cm³/mol. The van der Waals surface area contributed by atoms with Crippen LogP contribution in [-0.2, 0) is 14.3 Å². The van der Waals surface area contributed by atoms with Gasteiger partial charge in [0.25, 0.3) is 0 Å². The molecule has 1 aliphatic carbocycles. The zero-order valence-electron chi connectivity index (χ0n) is 11.9. The van der Waals surface area contributed by atoms with Crippen molar-refractivity contribution in [1.82, 2.24) is 10.6 Å². The number of ether oxygens (including phenoxy) is 1. The fourth-order valence-electron chi connectivity index (χ4n) is 2.32. The lowest BCUT2D eigenvalue weighted by molar-refractivity contribution is -0.143. The number of hydrogen-bond acceptors (Lipinski definition) is 4. The Labute approximate surface area is 115 Å². The molecular formula is C14H26N2O3. The summed E-state index contributed by atoms with van der Waals surface area (Å²) >= 11 is 0. The lowest BCUT2D eigenvalue weighted by Gasteiger charge is -2.22. The van der Waals surface area contributed by atoms with E-state index in [2.05, 4.69) is 10.6 Å². The average molecular weight is 270 g/mol. The van der Waals surface area contributed by atoms with Crippen LogP contribution in [0.15, 0.2) is 0 Å². The van der Waals surface area contributed by atoms with Crippen molar-refractivity contribution < 1.29 is 14.3 Å². The van der Waals surface area contributed by atoms with Gasteiger partial charge in [0.05, 0.1) is 13.2 Å². The molecule has 0 bridgehead atoms. The van der Waals surface area contributed by atoms with Crippen molar-refractivity contribution in [3.63, 3.8) is 0 Å². The van der Waals surface area contributed by atoms with Crippen molar-refractivity contribution in [3.8, 4) is 0 Å². The highest BCUT2D eigenvalue weighted by atomic mass is 16.5. The third-order valence-corrected chi connectivity index (χ3v) is 3.30. The van der Waals surface area contributed by atoms with E-state index in [0.717, 1.165) is 12.8 Å². The van der Waals surface area contributed by atoms with E-state index in [1.807, 2.05) is 0 Å². The molecule has 110 valence electrons. The van der Waals surface area contributed by atoms with E-state index in [1.165, 1.54) is 19.3 Å². The molecule has 0 aliphatic heterocycles. The monoisotopic (exact) mass is 270 g/mol. The molecule has 0 radical (unpaired) electrons. The highest BCUT2D eigenvalue weighted by Gasteiger charge is 2.15. The van der Waals surface area contributed by atoms with Crippen LogP contribution >= 0.6 is 0 Å². The van der Waals surface area contributed by atoms with Crippen molar-refractivity contribution in [2.24, 2.45) is 0 Å². The standard InChI is InChI=1S/C14H26N2O3/c1-2-19-14(18)9-6-10-15-11-13(17)16-12-7-4-3-5-8-12/h12,15H,2-11H2,1H3,(H,16,17). The Morgan fingerprint density at radius 2 is 1.95 bits per heavy atom. The van der Waals surface area contributed by atoms with Crippen molar-refractivity contribution >= 4 is 11.9 Å². The van der Waals surface area contributed by atoms with Gasteiger partial charge >= 0.3 is 5.97 Å². The summed E-state index contributed by atoms with van der Waals surface area (Å²) in [6.45, 7) is 3.22. The minimum atomic E-state index is -0.170. The Kier molecular flexibility index (Phi) is 8.21. The van der Waals surface area contributed by atoms with Gasteiger partial charge in [-0.25, -0.2) is 0 Å². The van der Waals surface area contributed by atoms with Crippen LogP contribution in [0, 0.1) is 0 Å². The number of hydrogen-bond donors (Lipinski definition) is 2. The first-order valence-electron chi connectivity index (χ1n) is 7.38. The number of carbonyl (C=O) groups excluding carboxylic acids is 2. The van der Waals surface area contributed by atoms with Gasteiger partial charge in [0, 0.05) is 12.5 Å². The SMILES string of the molecule is CCOC(=O)CCCNCC(=O)NC1CCCCC1. The molecule has 1 aliphatic rings. The van der Waals surface area contributed by atoms with Crippen LogP contribution in [0.3, 0.4) is 0 Å². The van der Waals surface area contributed by atoms with Crippen molar-refractivity contribution in [2.75, 3.05) is 19.7 Å². The Bertz CT molecular complexity index is 276. The summed E-state index contributed by atoms with van der Waals surface area (Å²) in [5, 5.41) is 6.10. The predicted octanol–water partition coefficient (Wildman–Crippen LogP) is 1.37. The number of rotatable bonds is 8. The minimum absolute atomic E-state index is 0.0584. The molecule has 1 rings (SSSR count). The molecule has 19 heavy (non-hydrogen) atoms. The number of esters is 1. The van der Waals surface area contributed by atoms with Crippen LogP contribution in [0.25, 0.3) is 0 Å². The first kappa shape index (κ1) is 16.0. The lowest BCUT2D eigenvalue weighted by atomic mass is 9.95. The molecule has 0 spiro atoms. The summed E-state index contributed by atoms with van der Waals surface area (Å²) in [6.07, 6.45) is 7.05. The smallest absolute Gasteiger partial charge is 0.305 e. The van der Waals surface area contributed by atoms with Gasteiger partial charge in [0.2, 0.25) is 5.91 Å². The van der Waals surface area contributed by atoms with Crippen LogP contribution < -0.4 is 10.6 Å². The molecular weight excluding hydrogens is 244 g/mol. The van der Waals surface area contributed by atoms with Crippen LogP contribution in [-0.4, -0.2) is 37.6 Å². The normalized spacial score (nSPS) is 16.1. The fraction of sp³-hybridized carbons (Fsp3) is 0.857. The Balaban J connectivity index is 1.96. The zero-order valence-corrected chi connectivity index (χ0v) is 11.9. The van der Waals surface area contributed by atoms with E-state index in [1.54, 1.807) is 6.92 Å². The van der Waals surface area contributed by atoms with E-state index in [4.69, 9.17) is 4.74 Å². The van der Waals surface area contributed by atoms with Crippen molar-refractivity contribution in [1.29, 1.82) is 0 Å². The average Bonchev–Trinajstić information content (AvgIpc) is 2.40. The topological polar surface area (TPSA) is 67.4 Å². The van der Waals surface area contributed by atoms with E-state index < -0.39 is 0 Å². The number of nitrogens with one attached hydrogen (secondary N) is 2. The second-order valence-corrected chi connectivity index (χ2v) is 4.99. The molecule has 0 heterocycles. The molecule has 0 unspecified atom stereocenters. The summed E-state index contributed by atoms with van der Waals surface area (Å²) < 4.78 is 4.82. The largest absolute Gasteiger partial charge is 0.466 e. The fourth-order valence-corrected chi connectivity index (χ4v) is 2.32. The molecule has 0 aromatic rings. The highest BCUT2D eigenvalue weighted by molar-refractivity contribution is 5.78. The second kappa shape index (κ2) is 9.78. The minimum Gasteiger partial charge on any atom is -0.466 e. The first-order valence-corrected chi connectivity index (χ1v) is 7.38. The van der Waals surface area contributed by atoms with Gasteiger partial charge < -0.3 is 15.4 Å². The summed E-state index contributed by atoms with van der Waals surface area (Å²) in [4.78, 5) is 22.7. The van der Waals surface area contributed by atoms with E-state index >= 15 is 0 Å². The molecule has 1 saturated carbocycles. The third-order valence-electron chi connectivity index (χ3n) is 3.30. The maximum absolute atomic E-state index is 11.6. The van der Waals surface area contributed by atoms with Crippen LogP contribution in [0.4, 0.5) is 0 Å². The van der Waals surface area contributed by atoms with Gasteiger partial charge in [-0.15, -0.1) is 0 Å². The molecule has 1 amide bonds. The van der Waals surface area contributed by atoms with Crippen molar-refractivity contribution in [3.05, 3.63) is 0 Å². The quantitative estimate of drug-likeness (QED) is 0.516. The molecule has 0 atom stereocenters. The van der Waals surface area contributed by atoms with Crippen LogP contribution in [0.1, 0.15) is 51.9 Å². The summed E-state index contributed by atoms with van der Waals surface area (Å²) in [5.74, 6) is -0.112. The van der Waals surface area contributed by atoms with Gasteiger partial charge in [-0.2, -0.15) is 0 Å². The Hall–Kier alpha value is -1.10. The van der Waals surface area contributed by atoms with Gasteiger partial charge in [0.15, 0.2) is 0 Å². The highest BCUT2D eigenvalue weighted by Crippen LogP contribution is 2.16. The zero-order chi connectivity index (χ0) is 13.9. The Morgan fingerprint density at radius 1 is 1.21 bits per heavy atom. The molecule has 5 heteroatoms. The van der Waals surface area contributed by atoms with Crippen molar-refractivity contribution in [2.45, 2.75) is 57.9 Å². The van der Waals surface area contributed by atoms with Gasteiger partial charge in [-0.1, -0.05) is 19.3 Å². The van der Waals surface area contributed by atoms with E-state index in [9.17, 15) is 9.59 Å². The molecule has 0 aromatic carbocycles. The number of carbonyl (C=O) groups is 2. The molecule has 0 aromatic heterocycles. The lowest BCUT2D eigenvalue weighted by Crippen LogP contribution is -2.41. The summed E-state index contributed by atoms with van der Waals surface area (Å²) in [5.41, 5.74) is 0. The second-order valence-electron chi connectivity index (χ2n) is 4.99. The van der Waals surface area contributed by atoms with Crippen LogP contribution in [0.5, 0.6) is 0 Å². The van der Waals surface area contributed by atoms with E-state index in [0.29, 0.717) is 38.6 Å². The molecule has 1 fully saturated rings.